The van der Waals surface area contributed by atoms with Gasteiger partial charge in [-0.2, -0.15) is 13.2 Å². The fourth-order valence-electron chi connectivity index (χ4n) is 3.69. The third-order valence-electron chi connectivity index (χ3n) is 5.34. The van der Waals surface area contributed by atoms with Crippen LogP contribution in [0.2, 0.25) is 0 Å². The lowest BCUT2D eigenvalue weighted by molar-refractivity contribution is -0.192. The van der Waals surface area contributed by atoms with Crippen molar-refractivity contribution in [1.29, 1.82) is 0 Å². The van der Waals surface area contributed by atoms with Gasteiger partial charge in [0.2, 0.25) is 17.7 Å². The summed E-state index contributed by atoms with van der Waals surface area (Å²) in [5, 5.41) is 10.3. The van der Waals surface area contributed by atoms with Gasteiger partial charge in [0.1, 0.15) is 5.54 Å². The number of rotatable bonds is 4. The van der Waals surface area contributed by atoms with E-state index in [1.165, 1.54) is 26.0 Å². The van der Waals surface area contributed by atoms with E-state index in [2.05, 4.69) is 5.32 Å². The smallest absolute Gasteiger partial charge is 0.475 e. The van der Waals surface area contributed by atoms with Crippen LogP contribution in [0.1, 0.15) is 20.3 Å². The number of esters is 1. The van der Waals surface area contributed by atoms with Crippen molar-refractivity contribution in [3.63, 3.8) is 0 Å². The summed E-state index contributed by atoms with van der Waals surface area (Å²) >= 11 is 0. The first kappa shape index (κ1) is 25.3. The first-order valence-electron chi connectivity index (χ1n) is 8.85. The molecule has 30 heavy (non-hydrogen) atoms. The molecule has 0 bridgehead atoms. The number of nitrogens with one attached hydrogen (secondary N) is 1. The molecule has 10 nitrogen and oxygen atoms in total. The van der Waals surface area contributed by atoms with E-state index in [0.29, 0.717) is 6.42 Å². The Hall–Kier alpha value is -2.70. The number of hydrogen-bond acceptors (Lipinski definition) is 7. The third-order valence-corrected chi connectivity index (χ3v) is 5.34. The van der Waals surface area contributed by atoms with Crippen molar-refractivity contribution in [2.24, 2.45) is 11.8 Å². The van der Waals surface area contributed by atoms with Gasteiger partial charge in [0.05, 0.1) is 18.9 Å². The lowest BCUT2D eigenvalue weighted by Gasteiger charge is -2.31. The molecule has 0 aromatic rings. The van der Waals surface area contributed by atoms with Crippen molar-refractivity contribution in [3.05, 3.63) is 0 Å². The molecule has 0 radical (unpaired) electrons. The number of carbonyl (C=O) groups is 5. The number of likely N-dealkylation sites (tertiary alicyclic amines) is 1. The minimum atomic E-state index is -5.08. The minimum absolute atomic E-state index is 0.152. The topological polar surface area (TPSA) is 133 Å². The molecule has 0 aromatic carbocycles. The highest BCUT2D eigenvalue weighted by Crippen LogP contribution is 2.44. The van der Waals surface area contributed by atoms with Crippen molar-refractivity contribution in [2.75, 3.05) is 27.7 Å². The Morgan fingerprint density at radius 2 is 1.77 bits per heavy atom. The number of likely N-dealkylation sites (N-methyl/N-ethyl adjacent to an activating group) is 1. The van der Waals surface area contributed by atoms with Gasteiger partial charge in [-0.05, 0) is 6.42 Å². The number of amides is 3. The van der Waals surface area contributed by atoms with E-state index in [9.17, 15) is 32.3 Å². The van der Waals surface area contributed by atoms with E-state index >= 15 is 0 Å². The summed E-state index contributed by atoms with van der Waals surface area (Å²) in [6.45, 7) is 3.43. The molecular weight excluding hydrogens is 415 g/mol. The number of nitrogens with zero attached hydrogens (tertiary/aromatic N) is 2. The molecular formula is C17H24F3N3O7. The molecule has 170 valence electrons. The number of methoxy groups -OCH3 is 1. The summed E-state index contributed by atoms with van der Waals surface area (Å²) in [7, 11) is 4.30. The molecule has 13 heteroatoms. The second-order valence-electron chi connectivity index (χ2n) is 7.01. The predicted molar refractivity (Wildman–Crippen MR) is 93.7 cm³/mol. The van der Waals surface area contributed by atoms with Gasteiger partial charge in [-0.25, -0.2) is 4.79 Å². The molecule has 0 saturated carbocycles. The van der Waals surface area contributed by atoms with Crippen molar-refractivity contribution < 1.29 is 47.0 Å². The van der Waals surface area contributed by atoms with Crippen molar-refractivity contribution >= 4 is 29.7 Å². The molecule has 0 unspecified atom stereocenters. The predicted octanol–water partition coefficient (Wildman–Crippen LogP) is -0.377. The molecule has 0 aliphatic carbocycles. The Balaban J connectivity index is 0.000000553. The minimum Gasteiger partial charge on any atom is -0.475 e. The molecule has 2 aliphatic rings. The molecule has 2 aliphatic heterocycles. The monoisotopic (exact) mass is 439 g/mol. The molecule has 2 heterocycles. The average molecular weight is 439 g/mol. The highest BCUT2D eigenvalue weighted by molar-refractivity contribution is 6.09. The summed E-state index contributed by atoms with van der Waals surface area (Å²) in [5.41, 5.74) is -1.24. The average Bonchev–Trinajstić information content (AvgIpc) is 3.10. The summed E-state index contributed by atoms with van der Waals surface area (Å²) in [5.74, 6) is -5.65. The maximum atomic E-state index is 12.5. The Labute approximate surface area is 170 Å². The van der Waals surface area contributed by atoms with Gasteiger partial charge in [-0.15, -0.1) is 0 Å². The van der Waals surface area contributed by atoms with Crippen LogP contribution >= 0.6 is 0 Å². The van der Waals surface area contributed by atoms with Crippen molar-refractivity contribution in [2.45, 2.75) is 38.0 Å². The lowest BCUT2D eigenvalue weighted by Crippen LogP contribution is -2.57. The van der Waals surface area contributed by atoms with Crippen LogP contribution in [0.25, 0.3) is 0 Å². The van der Waals surface area contributed by atoms with E-state index in [1.807, 2.05) is 0 Å². The van der Waals surface area contributed by atoms with E-state index < -0.39 is 41.5 Å². The highest BCUT2D eigenvalue weighted by Gasteiger charge is 2.67. The zero-order valence-corrected chi connectivity index (χ0v) is 17.1. The Kier molecular flexibility index (Phi) is 7.58. The molecule has 3 amide bonds. The van der Waals surface area contributed by atoms with Crippen LogP contribution in [0.15, 0.2) is 0 Å². The van der Waals surface area contributed by atoms with Gasteiger partial charge in [0.25, 0.3) is 0 Å². The molecule has 2 saturated heterocycles. The number of alkyl halides is 3. The Bertz CT molecular complexity index is 743. The van der Waals surface area contributed by atoms with Gasteiger partial charge in [-0.3, -0.25) is 29.4 Å². The summed E-state index contributed by atoms with van der Waals surface area (Å²) < 4.78 is 36.6. The number of ether oxygens (including phenoxy) is 1. The second-order valence-corrected chi connectivity index (χ2v) is 7.01. The molecule has 2 fully saturated rings. The SMILES string of the molecule is CC[C@@]1(C(=O)OC)N[C@H](CN(C)C(C)=O)[C@@H]2C(=O)N(C)C(=O)[C@@H]21.O=C(O)C(F)(F)F. The van der Waals surface area contributed by atoms with Gasteiger partial charge in [0.15, 0.2) is 0 Å². The zero-order chi connectivity index (χ0) is 23.6. The molecule has 0 spiro atoms. The van der Waals surface area contributed by atoms with Crippen molar-refractivity contribution in [1.82, 2.24) is 15.1 Å². The van der Waals surface area contributed by atoms with E-state index in [1.54, 1.807) is 14.0 Å². The quantitative estimate of drug-likeness (QED) is 0.448. The first-order chi connectivity index (χ1) is 13.6. The van der Waals surface area contributed by atoms with Crippen molar-refractivity contribution in [3.8, 4) is 0 Å². The first-order valence-corrected chi connectivity index (χ1v) is 8.85. The Morgan fingerprint density at radius 1 is 1.27 bits per heavy atom. The van der Waals surface area contributed by atoms with Gasteiger partial charge < -0.3 is 14.7 Å². The second kappa shape index (κ2) is 8.98. The van der Waals surface area contributed by atoms with E-state index in [-0.39, 0.29) is 24.3 Å². The van der Waals surface area contributed by atoms with Gasteiger partial charge >= 0.3 is 18.1 Å². The molecule has 2 rings (SSSR count). The lowest BCUT2D eigenvalue weighted by atomic mass is 9.78. The number of halogens is 3. The largest absolute Gasteiger partial charge is 0.490 e. The van der Waals surface area contributed by atoms with Crippen LogP contribution in [0.4, 0.5) is 13.2 Å². The number of carbonyl (C=O) groups excluding carboxylic acids is 4. The number of imide groups is 1. The Morgan fingerprint density at radius 3 is 2.13 bits per heavy atom. The normalized spacial score (nSPS) is 27.9. The standard InChI is InChI=1S/C15H23N3O5.C2HF3O2/c1-6-15(14(22)23-5)11-10(12(20)18(4)13(11)21)9(16-15)7-17(3)8(2)19;3-2(4,5)1(6)7/h9-11,16H,6-7H2,1-5H3;(H,6,7)/t9-,10+,11-,15-;/m1./s1. The van der Waals surface area contributed by atoms with Crippen LogP contribution < -0.4 is 5.32 Å². The van der Waals surface area contributed by atoms with E-state index in [0.717, 1.165) is 4.90 Å². The van der Waals surface area contributed by atoms with Crippen LogP contribution in [-0.4, -0.2) is 90.1 Å². The van der Waals surface area contributed by atoms with Crippen LogP contribution in [0, 0.1) is 11.8 Å². The van der Waals surface area contributed by atoms with E-state index in [4.69, 9.17) is 14.6 Å². The van der Waals surface area contributed by atoms with Gasteiger partial charge in [-0.1, -0.05) is 6.92 Å². The third kappa shape index (κ3) is 4.55. The maximum Gasteiger partial charge on any atom is 0.490 e. The summed E-state index contributed by atoms with van der Waals surface area (Å²) in [6, 6.07) is -0.477. The summed E-state index contributed by atoms with van der Waals surface area (Å²) in [4.78, 5) is 60.3. The molecule has 2 N–H and O–H groups in total. The highest BCUT2D eigenvalue weighted by atomic mass is 19.4. The van der Waals surface area contributed by atoms with Gasteiger partial charge in [0, 0.05) is 33.6 Å². The number of hydrogen-bond donors (Lipinski definition) is 2. The number of fused-ring (bicyclic) bond motifs is 1. The molecule has 0 aromatic heterocycles. The number of carboxylic acids is 1. The summed E-state index contributed by atoms with van der Waals surface area (Å²) in [6.07, 6.45) is -4.77. The fraction of sp³-hybridized carbons (Fsp3) is 0.706. The maximum absolute atomic E-state index is 12.5. The fourth-order valence-corrected chi connectivity index (χ4v) is 3.69. The van der Waals surface area contributed by atoms with Crippen LogP contribution in [0.5, 0.6) is 0 Å². The molecule has 4 atom stereocenters. The number of carboxylic acid groups (broad SMARTS) is 1. The van der Waals surface area contributed by atoms with Crippen LogP contribution in [0.3, 0.4) is 0 Å². The number of aliphatic carboxylic acids is 1. The zero-order valence-electron chi connectivity index (χ0n) is 17.1. The van der Waals surface area contributed by atoms with Crippen LogP contribution in [-0.2, 0) is 28.7 Å².